The minimum Gasteiger partial charge on any atom is -0.366 e. The highest BCUT2D eigenvalue weighted by Gasteiger charge is 2.21. The van der Waals surface area contributed by atoms with Gasteiger partial charge in [-0.15, -0.1) is 0 Å². The molecule has 1 unspecified atom stereocenters. The van der Waals surface area contributed by atoms with Gasteiger partial charge in [-0.2, -0.15) is 0 Å². The van der Waals surface area contributed by atoms with Gasteiger partial charge in [0.25, 0.3) is 11.6 Å². The van der Waals surface area contributed by atoms with E-state index in [4.69, 9.17) is 5.73 Å². The van der Waals surface area contributed by atoms with Crippen LogP contribution in [0.15, 0.2) is 36.7 Å². The number of carbonyl (C=O) groups excluding carboxylic acids is 1. The highest BCUT2D eigenvalue weighted by atomic mass is 16.6. The van der Waals surface area contributed by atoms with E-state index >= 15 is 0 Å². The van der Waals surface area contributed by atoms with Crippen LogP contribution in [-0.4, -0.2) is 64.5 Å². The lowest BCUT2D eigenvalue weighted by molar-refractivity contribution is -0.385. The second kappa shape index (κ2) is 8.61. The van der Waals surface area contributed by atoms with Crippen molar-refractivity contribution in [2.45, 2.75) is 13.0 Å². The molecule has 3 N–H and O–H groups in total. The van der Waals surface area contributed by atoms with Gasteiger partial charge in [0.2, 0.25) is 0 Å². The third kappa shape index (κ3) is 4.71. The minimum atomic E-state index is -0.755. The summed E-state index contributed by atoms with van der Waals surface area (Å²) >= 11 is 0. The largest absolute Gasteiger partial charge is 0.366 e. The molecule has 2 aromatic heterocycles. The molecule has 0 spiro atoms. The van der Waals surface area contributed by atoms with Crippen LogP contribution >= 0.6 is 0 Å². The van der Waals surface area contributed by atoms with Crippen molar-refractivity contribution >= 4 is 23.2 Å². The fourth-order valence-electron chi connectivity index (χ4n) is 3.22. The van der Waals surface area contributed by atoms with E-state index in [1.165, 1.54) is 0 Å². The fourth-order valence-corrected chi connectivity index (χ4v) is 3.22. The monoisotopic (exact) mass is 385 g/mol. The lowest BCUT2D eigenvalue weighted by Crippen LogP contribution is -2.49. The Morgan fingerprint density at radius 1 is 1.32 bits per heavy atom. The molecule has 3 heterocycles. The summed E-state index contributed by atoms with van der Waals surface area (Å²) in [6.07, 6.45) is 2.91. The molecule has 10 nitrogen and oxygen atoms in total. The highest BCUT2D eigenvalue weighted by molar-refractivity contribution is 5.98. The van der Waals surface area contributed by atoms with E-state index in [-0.39, 0.29) is 23.1 Å². The standard InChI is InChI=1S/C18H23N7O3/c1-13(22-18-15(17(19)26)10-14(11-21-18)25(27)28)12-23-6-8-24(9-7-23)16-4-2-3-5-20-16/h2-5,10-11,13H,6-9,12H2,1H3,(H2,19,26)(H,21,22). The maximum Gasteiger partial charge on any atom is 0.288 e. The fraction of sp³-hybridized carbons (Fsp3) is 0.389. The lowest BCUT2D eigenvalue weighted by atomic mass is 10.2. The molecule has 28 heavy (non-hydrogen) atoms. The first kappa shape index (κ1) is 19.5. The van der Waals surface area contributed by atoms with E-state index in [9.17, 15) is 14.9 Å². The normalized spacial score (nSPS) is 15.8. The number of nitrogens with two attached hydrogens (primary N) is 1. The molecular weight excluding hydrogens is 362 g/mol. The zero-order chi connectivity index (χ0) is 20.1. The van der Waals surface area contributed by atoms with Gasteiger partial charge < -0.3 is 16.0 Å². The molecule has 0 saturated carbocycles. The maximum absolute atomic E-state index is 11.6. The number of amides is 1. The summed E-state index contributed by atoms with van der Waals surface area (Å²) in [4.78, 5) is 34.9. The minimum absolute atomic E-state index is 0.0148. The zero-order valence-corrected chi connectivity index (χ0v) is 15.6. The number of rotatable bonds is 7. The molecule has 1 saturated heterocycles. The number of hydrogen-bond acceptors (Lipinski definition) is 8. The van der Waals surface area contributed by atoms with Gasteiger partial charge in [0.05, 0.1) is 10.5 Å². The second-order valence-electron chi connectivity index (χ2n) is 6.73. The lowest BCUT2D eigenvalue weighted by Gasteiger charge is -2.36. The third-order valence-electron chi connectivity index (χ3n) is 4.61. The first-order valence-electron chi connectivity index (χ1n) is 9.03. The average Bonchev–Trinajstić information content (AvgIpc) is 2.69. The molecule has 0 radical (unpaired) electrons. The summed E-state index contributed by atoms with van der Waals surface area (Å²) in [6, 6.07) is 7.02. The van der Waals surface area contributed by atoms with E-state index < -0.39 is 10.8 Å². The number of nitro groups is 1. The van der Waals surface area contributed by atoms with Crippen LogP contribution in [0.2, 0.25) is 0 Å². The number of primary amides is 1. The van der Waals surface area contributed by atoms with Crippen molar-refractivity contribution in [3.05, 3.63) is 52.3 Å². The Hall–Kier alpha value is -3.27. The molecule has 10 heteroatoms. The van der Waals surface area contributed by atoms with Gasteiger partial charge in [0.1, 0.15) is 17.8 Å². The SMILES string of the molecule is CC(CN1CCN(c2ccccn2)CC1)Nc1ncc([N+](=O)[O-])cc1C(N)=O. The van der Waals surface area contributed by atoms with Gasteiger partial charge in [-0.05, 0) is 19.1 Å². The molecule has 2 aromatic rings. The first-order valence-corrected chi connectivity index (χ1v) is 9.03. The number of piperazine rings is 1. The first-order chi connectivity index (χ1) is 13.4. The molecule has 1 aliphatic heterocycles. The number of aromatic nitrogens is 2. The predicted molar refractivity (Wildman–Crippen MR) is 105 cm³/mol. The molecule has 0 aliphatic carbocycles. The number of anilines is 2. The Morgan fingerprint density at radius 2 is 2.07 bits per heavy atom. The molecule has 1 amide bonds. The maximum atomic E-state index is 11.6. The van der Waals surface area contributed by atoms with E-state index in [0.29, 0.717) is 0 Å². The van der Waals surface area contributed by atoms with Crippen molar-refractivity contribution in [1.29, 1.82) is 0 Å². The molecule has 1 aliphatic rings. The van der Waals surface area contributed by atoms with Gasteiger partial charge >= 0.3 is 0 Å². The van der Waals surface area contributed by atoms with Crippen molar-refractivity contribution in [3.8, 4) is 0 Å². The summed E-state index contributed by atoms with van der Waals surface area (Å²) in [5.41, 5.74) is 5.10. The highest BCUT2D eigenvalue weighted by Crippen LogP contribution is 2.20. The van der Waals surface area contributed by atoms with Crippen LogP contribution in [0.3, 0.4) is 0 Å². The Bertz CT molecular complexity index is 838. The van der Waals surface area contributed by atoms with Crippen LogP contribution in [0.25, 0.3) is 0 Å². The summed E-state index contributed by atoms with van der Waals surface area (Å²) in [6.45, 7) is 6.25. The van der Waals surface area contributed by atoms with Crippen molar-refractivity contribution < 1.29 is 9.72 Å². The van der Waals surface area contributed by atoms with Crippen molar-refractivity contribution in [2.24, 2.45) is 5.73 Å². The van der Waals surface area contributed by atoms with Crippen LogP contribution in [0, 0.1) is 10.1 Å². The van der Waals surface area contributed by atoms with Crippen molar-refractivity contribution in [1.82, 2.24) is 14.9 Å². The van der Waals surface area contributed by atoms with Gasteiger partial charge in [-0.25, -0.2) is 9.97 Å². The quantitative estimate of drug-likeness (QED) is 0.535. The molecule has 1 atom stereocenters. The van der Waals surface area contributed by atoms with Gasteiger partial charge in [-0.1, -0.05) is 6.07 Å². The van der Waals surface area contributed by atoms with Crippen molar-refractivity contribution in [3.63, 3.8) is 0 Å². The average molecular weight is 385 g/mol. The van der Waals surface area contributed by atoms with Gasteiger partial charge in [0.15, 0.2) is 0 Å². The molecule has 1 fully saturated rings. The Kier molecular flexibility index (Phi) is 5.99. The van der Waals surface area contributed by atoms with E-state index in [2.05, 4.69) is 25.1 Å². The Labute approximate surface area is 162 Å². The number of nitrogens with one attached hydrogen (secondary N) is 1. The summed E-state index contributed by atoms with van der Waals surface area (Å²) in [5, 5.41) is 14.0. The Balaban J connectivity index is 1.57. The number of hydrogen-bond donors (Lipinski definition) is 2. The van der Waals surface area contributed by atoms with Crippen LogP contribution in [-0.2, 0) is 0 Å². The smallest absolute Gasteiger partial charge is 0.288 e. The number of carbonyl (C=O) groups is 1. The number of nitrogens with zero attached hydrogens (tertiary/aromatic N) is 5. The second-order valence-corrected chi connectivity index (χ2v) is 6.73. The van der Waals surface area contributed by atoms with Crippen LogP contribution in [0.5, 0.6) is 0 Å². The summed E-state index contributed by atoms with van der Waals surface area (Å²) in [7, 11) is 0. The zero-order valence-electron chi connectivity index (χ0n) is 15.6. The molecule has 0 bridgehead atoms. The van der Waals surface area contributed by atoms with E-state index in [1.54, 1.807) is 6.20 Å². The third-order valence-corrected chi connectivity index (χ3v) is 4.61. The predicted octanol–water partition coefficient (Wildman–Crippen LogP) is 1.11. The topological polar surface area (TPSA) is 131 Å². The van der Waals surface area contributed by atoms with Crippen LogP contribution in [0.1, 0.15) is 17.3 Å². The molecule has 3 rings (SSSR count). The van der Waals surface area contributed by atoms with E-state index in [1.807, 2.05) is 25.1 Å². The van der Waals surface area contributed by atoms with Gasteiger partial charge in [0, 0.05) is 51.0 Å². The van der Waals surface area contributed by atoms with Crippen LogP contribution < -0.4 is 16.0 Å². The molecular formula is C18H23N7O3. The molecule has 148 valence electrons. The summed E-state index contributed by atoms with van der Waals surface area (Å²) in [5.74, 6) is 0.488. The van der Waals surface area contributed by atoms with Gasteiger partial charge in [-0.3, -0.25) is 19.8 Å². The summed E-state index contributed by atoms with van der Waals surface area (Å²) < 4.78 is 0. The molecule has 0 aromatic carbocycles. The Morgan fingerprint density at radius 3 is 2.68 bits per heavy atom. The number of pyridine rings is 2. The van der Waals surface area contributed by atoms with Crippen LogP contribution in [0.4, 0.5) is 17.3 Å². The van der Waals surface area contributed by atoms with Crippen molar-refractivity contribution in [2.75, 3.05) is 42.9 Å². The van der Waals surface area contributed by atoms with E-state index in [0.717, 1.165) is 50.8 Å².